The van der Waals surface area contributed by atoms with E-state index in [1.165, 1.54) is 40.3 Å². The number of aromatic nitrogens is 3. The molecule has 4 aromatic rings. The SMILES string of the molecule is Cc1cc(N2CCOc3c(C)cc(-c4cnc5sc(N)nc5c4)cc3C2)c2c(n1)CCC(C)(C)C2. The molecule has 0 unspecified atom stereocenters. The number of pyridine rings is 2. The first kappa shape index (κ1) is 22.3. The van der Waals surface area contributed by atoms with E-state index in [1.807, 2.05) is 6.20 Å². The fourth-order valence-electron chi connectivity index (χ4n) is 5.53. The molecule has 0 radical (unpaired) electrons. The number of nitrogen functional groups attached to an aromatic ring is 1. The number of nitrogens with zero attached hydrogens (tertiary/aromatic N) is 4. The Bertz CT molecular complexity index is 1460. The van der Waals surface area contributed by atoms with Crippen molar-refractivity contribution in [3.8, 4) is 16.9 Å². The minimum atomic E-state index is 0.299. The highest BCUT2D eigenvalue weighted by Gasteiger charge is 2.30. The summed E-state index contributed by atoms with van der Waals surface area (Å²) in [5, 5.41) is 0.547. The molecule has 4 heterocycles. The average Bonchev–Trinajstić information content (AvgIpc) is 3.04. The first-order chi connectivity index (χ1) is 16.8. The molecular formula is C28H31N5OS. The lowest BCUT2D eigenvalue weighted by Gasteiger charge is -2.35. The molecule has 1 aliphatic carbocycles. The third kappa shape index (κ3) is 4.12. The lowest BCUT2D eigenvalue weighted by atomic mass is 9.75. The van der Waals surface area contributed by atoms with Gasteiger partial charge in [-0.25, -0.2) is 9.97 Å². The van der Waals surface area contributed by atoms with Gasteiger partial charge in [-0.2, -0.15) is 0 Å². The van der Waals surface area contributed by atoms with E-state index in [9.17, 15) is 0 Å². The number of nitrogens with two attached hydrogens (primary N) is 1. The van der Waals surface area contributed by atoms with Gasteiger partial charge in [0.25, 0.3) is 0 Å². The van der Waals surface area contributed by atoms with E-state index in [0.29, 0.717) is 17.2 Å². The average molecular weight is 486 g/mol. The molecule has 0 spiro atoms. The Morgan fingerprint density at radius 1 is 1.09 bits per heavy atom. The second-order valence-electron chi connectivity index (χ2n) is 10.7. The Kier molecular flexibility index (Phi) is 5.22. The molecule has 0 amide bonds. The Hall–Kier alpha value is -3.19. The summed E-state index contributed by atoms with van der Waals surface area (Å²) in [6, 6.07) is 8.79. The molecule has 35 heavy (non-hydrogen) atoms. The topological polar surface area (TPSA) is 77.2 Å². The van der Waals surface area contributed by atoms with Gasteiger partial charge >= 0.3 is 0 Å². The van der Waals surface area contributed by atoms with Gasteiger partial charge in [-0.05, 0) is 79.5 Å². The van der Waals surface area contributed by atoms with Crippen LogP contribution in [0.15, 0.2) is 30.5 Å². The highest BCUT2D eigenvalue weighted by atomic mass is 32.1. The van der Waals surface area contributed by atoms with Crippen molar-refractivity contribution < 1.29 is 4.74 Å². The molecule has 3 aromatic heterocycles. The van der Waals surface area contributed by atoms with Gasteiger partial charge in [0, 0.05) is 40.9 Å². The Labute approximate surface area is 210 Å². The third-order valence-corrected chi connectivity index (χ3v) is 8.08. The molecule has 0 fully saturated rings. The summed E-state index contributed by atoms with van der Waals surface area (Å²) >= 11 is 1.42. The number of thiazole rings is 1. The van der Waals surface area contributed by atoms with Crippen LogP contribution in [0.25, 0.3) is 21.5 Å². The van der Waals surface area contributed by atoms with E-state index in [2.05, 4.69) is 66.8 Å². The van der Waals surface area contributed by atoms with Gasteiger partial charge in [0.1, 0.15) is 22.7 Å². The highest BCUT2D eigenvalue weighted by Crippen LogP contribution is 2.41. The van der Waals surface area contributed by atoms with Crippen LogP contribution < -0.4 is 15.4 Å². The summed E-state index contributed by atoms with van der Waals surface area (Å²) in [6.45, 7) is 11.3. The number of hydrogen-bond donors (Lipinski definition) is 1. The fraction of sp³-hybridized carbons (Fsp3) is 0.393. The van der Waals surface area contributed by atoms with Gasteiger partial charge in [-0.15, -0.1) is 0 Å². The zero-order valence-corrected chi connectivity index (χ0v) is 21.6. The van der Waals surface area contributed by atoms with Crippen LogP contribution in [0.4, 0.5) is 10.8 Å². The van der Waals surface area contributed by atoms with Crippen LogP contribution in [0, 0.1) is 19.3 Å². The standard InChI is InChI=1S/C28H31N5OS/c1-16-9-18(19-12-23-26(30-14-19)35-27(29)32-23)11-20-15-33(7-8-34-25(16)20)24-10-17(2)31-22-5-6-28(3,4)13-21(22)24/h9-12,14H,5-8,13,15H2,1-4H3,(H2,29,32). The van der Waals surface area contributed by atoms with E-state index >= 15 is 0 Å². The highest BCUT2D eigenvalue weighted by molar-refractivity contribution is 7.21. The molecule has 0 saturated heterocycles. The van der Waals surface area contributed by atoms with Gasteiger partial charge in [0.15, 0.2) is 5.13 Å². The van der Waals surface area contributed by atoms with Crippen molar-refractivity contribution in [3.05, 3.63) is 58.5 Å². The number of benzene rings is 1. The van der Waals surface area contributed by atoms with Crippen LogP contribution in [0.2, 0.25) is 0 Å². The second kappa shape index (κ2) is 8.19. The predicted molar refractivity (Wildman–Crippen MR) is 143 cm³/mol. The molecule has 2 aliphatic rings. The van der Waals surface area contributed by atoms with Gasteiger partial charge in [-0.1, -0.05) is 25.2 Å². The normalized spacial score (nSPS) is 17.0. The smallest absolute Gasteiger partial charge is 0.182 e. The molecule has 6 rings (SSSR count). The summed E-state index contributed by atoms with van der Waals surface area (Å²) in [5.41, 5.74) is 16.7. The molecule has 1 aliphatic heterocycles. The van der Waals surface area contributed by atoms with Crippen molar-refractivity contribution in [3.63, 3.8) is 0 Å². The monoisotopic (exact) mass is 485 g/mol. The first-order valence-electron chi connectivity index (χ1n) is 12.3. The Morgan fingerprint density at radius 2 is 1.94 bits per heavy atom. The minimum absolute atomic E-state index is 0.299. The summed E-state index contributed by atoms with van der Waals surface area (Å²) in [4.78, 5) is 17.3. The zero-order valence-electron chi connectivity index (χ0n) is 20.8. The molecule has 7 heteroatoms. The van der Waals surface area contributed by atoms with Gasteiger partial charge in [0.05, 0.1) is 6.54 Å². The van der Waals surface area contributed by atoms with Crippen LogP contribution in [-0.2, 0) is 19.4 Å². The summed E-state index contributed by atoms with van der Waals surface area (Å²) in [7, 11) is 0. The van der Waals surface area contributed by atoms with Crippen molar-refractivity contribution in [2.75, 3.05) is 23.8 Å². The number of rotatable bonds is 2. The molecular weight excluding hydrogens is 454 g/mol. The molecule has 1 aromatic carbocycles. The van der Waals surface area contributed by atoms with E-state index in [0.717, 1.165) is 64.4 Å². The summed E-state index contributed by atoms with van der Waals surface area (Å²) in [5.74, 6) is 1.00. The first-order valence-corrected chi connectivity index (χ1v) is 13.1. The predicted octanol–water partition coefficient (Wildman–Crippen LogP) is 5.87. The van der Waals surface area contributed by atoms with Crippen molar-refractivity contribution in [1.82, 2.24) is 15.0 Å². The Balaban J connectivity index is 1.41. The van der Waals surface area contributed by atoms with Gasteiger partial charge in [-0.3, -0.25) is 4.98 Å². The maximum atomic E-state index is 6.31. The van der Waals surface area contributed by atoms with E-state index in [-0.39, 0.29) is 0 Å². The molecule has 0 bridgehead atoms. The van der Waals surface area contributed by atoms with Gasteiger partial charge in [0.2, 0.25) is 0 Å². The minimum Gasteiger partial charge on any atom is -0.491 e. The number of anilines is 2. The number of hydrogen-bond acceptors (Lipinski definition) is 7. The van der Waals surface area contributed by atoms with Crippen LogP contribution in [0.5, 0.6) is 5.75 Å². The van der Waals surface area contributed by atoms with Crippen LogP contribution in [-0.4, -0.2) is 28.1 Å². The molecule has 6 nitrogen and oxygen atoms in total. The van der Waals surface area contributed by atoms with E-state index in [4.69, 9.17) is 15.5 Å². The number of aryl methyl sites for hydroxylation is 3. The lowest BCUT2D eigenvalue weighted by Crippen LogP contribution is -2.30. The van der Waals surface area contributed by atoms with Crippen LogP contribution >= 0.6 is 11.3 Å². The third-order valence-electron chi connectivity index (χ3n) is 7.27. The van der Waals surface area contributed by atoms with Gasteiger partial charge < -0.3 is 15.4 Å². The summed E-state index contributed by atoms with van der Waals surface area (Å²) < 4.78 is 6.31. The molecule has 2 N–H and O–H groups in total. The maximum Gasteiger partial charge on any atom is 0.182 e. The van der Waals surface area contributed by atoms with E-state index < -0.39 is 0 Å². The van der Waals surface area contributed by atoms with Crippen LogP contribution in [0.1, 0.15) is 48.3 Å². The number of fused-ring (bicyclic) bond motifs is 3. The van der Waals surface area contributed by atoms with Crippen molar-refractivity contribution in [2.45, 2.75) is 53.5 Å². The zero-order chi connectivity index (χ0) is 24.3. The molecule has 0 atom stereocenters. The Morgan fingerprint density at radius 3 is 2.80 bits per heavy atom. The second-order valence-corrected chi connectivity index (χ2v) is 11.7. The van der Waals surface area contributed by atoms with Crippen molar-refractivity contribution in [1.29, 1.82) is 0 Å². The van der Waals surface area contributed by atoms with Crippen molar-refractivity contribution in [2.24, 2.45) is 5.41 Å². The van der Waals surface area contributed by atoms with E-state index in [1.54, 1.807) is 0 Å². The quantitative estimate of drug-likeness (QED) is 0.383. The summed E-state index contributed by atoms with van der Waals surface area (Å²) in [6.07, 6.45) is 5.23. The fourth-order valence-corrected chi connectivity index (χ4v) is 6.19. The lowest BCUT2D eigenvalue weighted by molar-refractivity contribution is 0.311. The van der Waals surface area contributed by atoms with Crippen molar-refractivity contribution >= 4 is 32.5 Å². The molecule has 180 valence electrons. The molecule has 0 saturated carbocycles. The maximum absolute atomic E-state index is 6.31. The number of ether oxygens (including phenoxy) is 1. The largest absolute Gasteiger partial charge is 0.491 e. The van der Waals surface area contributed by atoms with Crippen LogP contribution in [0.3, 0.4) is 0 Å².